The van der Waals surface area contributed by atoms with Gasteiger partial charge in [0.15, 0.2) is 0 Å². The molecule has 2 aliphatic rings. The monoisotopic (exact) mass is 402 g/mol. The molecule has 1 aliphatic carbocycles. The number of carbonyl (C=O) groups excluding carboxylic acids is 3. The lowest BCUT2D eigenvalue weighted by Crippen LogP contribution is -2.55. The highest BCUT2D eigenvalue weighted by molar-refractivity contribution is 6.09. The molecule has 156 valence electrons. The summed E-state index contributed by atoms with van der Waals surface area (Å²) in [6.07, 6.45) is 5.00. The quantitative estimate of drug-likeness (QED) is 0.567. The van der Waals surface area contributed by atoms with Crippen LogP contribution in [0.25, 0.3) is 0 Å². The van der Waals surface area contributed by atoms with Gasteiger partial charge in [-0.1, -0.05) is 27.2 Å². The topological polar surface area (TPSA) is 105 Å². The molecule has 7 nitrogen and oxygen atoms in total. The van der Waals surface area contributed by atoms with Gasteiger partial charge in [-0.15, -0.1) is 12.4 Å². The molecular weight excluding hydrogens is 368 g/mol. The van der Waals surface area contributed by atoms with Gasteiger partial charge in [0.25, 0.3) is 5.91 Å². The molecule has 27 heavy (non-hydrogen) atoms. The van der Waals surface area contributed by atoms with Crippen molar-refractivity contribution in [1.82, 2.24) is 15.5 Å². The average molecular weight is 403 g/mol. The summed E-state index contributed by atoms with van der Waals surface area (Å²) in [5.41, 5.74) is 4.48. The number of halogens is 1. The summed E-state index contributed by atoms with van der Waals surface area (Å²) in [7, 11) is 0. The van der Waals surface area contributed by atoms with E-state index in [-0.39, 0.29) is 30.8 Å². The fraction of sp³-hybridized carbons (Fsp3) is 0.842. The van der Waals surface area contributed by atoms with Gasteiger partial charge < -0.3 is 16.4 Å². The van der Waals surface area contributed by atoms with Crippen LogP contribution in [0.15, 0.2) is 0 Å². The zero-order chi connectivity index (χ0) is 19.5. The van der Waals surface area contributed by atoms with E-state index in [4.69, 9.17) is 5.73 Å². The summed E-state index contributed by atoms with van der Waals surface area (Å²) >= 11 is 0. The number of rotatable bonds is 7. The molecule has 1 spiro atoms. The van der Waals surface area contributed by atoms with Crippen molar-refractivity contribution in [2.75, 3.05) is 13.1 Å². The highest BCUT2D eigenvalue weighted by Gasteiger charge is 2.52. The number of carbonyl (C=O) groups is 3. The van der Waals surface area contributed by atoms with Crippen molar-refractivity contribution in [2.45, 2.75) is 77.3 Å². The zero-order valence-corrected chi connectivity index (χ0v) is 17.8. The number of amides is 4. The van der Waals surface area contributed by atoms with Crippen LogP contribution in [0.3, 0.4) is 0 Å². The normalized spacial score (nSPS) is 27.3. The second kappa shape index (κ2) is 9.24. The summed E-state index contributed by atoms with van der Waals surface area (Å²) in [6.45, 7) is 8.22. The van der Waals surface area contributed by atoms with E-state index in [1.807, 2.05) is 6.92 Å². The first kappa shape index (κ1) is 23.7. The molecular formula is C19H35ClN4O3. The maximum Gasteiger partial charge on any atom is 0.325 e. The molecule has 1 saturated carbocycles. The first-order chi connectivity index (χ1) is 12.1. The molecule has 1 unspecified atom stereocenters. The van der Waals surface area contributed by atoms with Crippen LogP contribution >= 0.6 is 12.4 Å². The molecule has 0 aromatic heterocycles. The summed E-state index contributed by atoms with van der Waals surface area (Å²) in [6, 6.07) is -0.460. The summed E-state index contributed by atoms with van der Waals surface area (Å²) in [5.74, 6) is 0.383. The van der Waals surface area contributed by atoms with Crippen LogP contribution in [-0.4, -0.2) is 46.9 Å². The van der Waals surface area contributed by atoms with Crippen LogP contribution < -0.4 is 16.4 Å². The van der Waals surface area contributed by atoms with Gasteiger partial charge >= 0.3 is 6.03 Å². The van der Waals surface area contributed by atoms with Crippen molar-refractivity contribution in [3.8, 4) is 0 Å². The number of hydrogen-bond donors (Lipinski definition) is 3. The average Bonchev–Trinajstić information content (AvgIpc) is 2.79. The predicted molar refractivity (Wildman–Crippen MR) is 108 cm³/mol. The molecule has 0 aromatic rings. The molecule has 4 amide bonds. The second-order valence-corrected chi connectivity index (χ2v) is 8.67. The molecule has 2 rings (SSSR count). The zero-order valence-electron chi connectivity index (χ0n) is 17.0. The summed E-state index contributed by atoms with van der Waals surface area (Å²) < 4.78 is 0. The van der Waals surface area contributed by atoms with E-state index in [1.54, 1.807) is 0 Å². The lowest BCUT2D eigenvalue weighted by molar-refractivity contribution is -0.136. The van der Waals surface area contributed by atoms with E-state index in [0.29, 0.717) is 31.2 Å². The molecule has 1 aliphatic heterocycles. The molecule has 4 N–H and O–H groups in total. The smallest absolute Gasteiger partial charge is 0.325 e. The van der Waals surface area contributed by atoms with Crippen molar-refractivity contribution in [3.05, 3.63) is 0 Å². The third kappa shape index (κ3) is 5.35. The number of hydrogen-bond acceptors (Lipinski definition) is 4. The number of urea groups is 1. The van der Waals surface area contributed by atoms with Crippen LogP contribution in [0.1, 0.15) is 66.2 Å². The Bertz CT molecular complexity index is 561. The minimum Gasteiger partial charge on any atom is -0.348 e. The highest BCUT2D eigenvalue weighted by Crippen LogP contribution is 2.37. The molecule has 1 saturated heterocycles. The van der Waals surface area contributed by atoms with Gasteiger partial charge in [-0.3, -0.25) is 14.5 Å². The van der Waals surface area contributed by atoms with E-state index in [2.05, 4.69) is 31.4 Å². The Morgan fingerprint density at radius 2 is 1.96 bits per heavy atom. The second-order valence-electron chi connectivity index (χ2n) is 8.67. The van der Waals surface area contributed by atoms with Crippen LogP contribution in [0.2, 0.25) is 0 Å². The molecule has 0 bridgehead atoms. The van der Waals surface area contributed by atoms with Crippen molar-refractivity contribution < 1.29 is 14.4 Å². The van der Waals surface area contributed by atoms with Crippen molar-refractivity contribution in [3.63, 3.8) is 0 Å². The largest absolute Gasteiger partial charge is 0.348 e. The first-order valence-corrected chi connectivity index (χ1v) is 9.80. The Morgan fingerprint density at radius 1 is 1.37 bits per heavy atom. The van der Waals surface area contributed by atoms with Crippen molar-refractivity contribution in [2.24, 2.45) is 17.6 Å². The van der Waals surface area contributed by atoms with Crippen LogP contribution in [-0.2, 0) is 9.59 Å². The van der Waals surface area contributed by atoms with Gasteiger partial charge in [0, 0.05) is 12.1 Å². The number of imide groups is 1. The van der Waals surface area contributed by atoms with E-state index in [0.717, 1.165) is 30.6 Å². The van der Waals surface area contributed by atoms with E-state index >= 15 is 0 Å². The minimum atomic E-state index is -0.807. The summed E-state index contributed by atoms with van der Waals surface area (Å²) in [5, 5.41) is 5.77. The van der Waals surface area contributed by atoms with Gasteiger partial charge in [-0.2, -0.15) is 0 Å². The van der Waals surface area contributed by atoms with Crippen LogP contribution in [0.5, 0.6) is 0 Å². The maximum atomic E-state index is 12.9. The van der Waals surface area contributed by atoms with Gasteiger partial charge in [-0.05, 0) is 50.9 Å². The van der Waals surface area contributed by atoms with E-state index in [9.17, 15) is 14.4 Å². The Morgan fingerprint density at radius 3 is 2.44 bits per heavy atom. The van der Waals surface area contributed by atoms with Crippen molar-refractivity contribution >= 4 is 30.3 Å². The van der Waals surface area contributed by atoms with Crippen LogP contribution in [0.4, 0.5) is 4.79 Å². The minimum absolute atomic E-state index is 0. The third-order valence-corrected chi connectivity index (χ3v) is 5.83. The lowest BCUT2D eigenvalue weighted by atomic mass is 9.75. The number of nitrogens with two attached hydrogens (primary N) is 1. The Hall–Kier alpha value is -1.34. The number of nitrogens with one attached hydrogen (secondary N) is 2. The van der Waals surface area contributed by atoms with Gasteiger partial charge in [0.2, 0.25) is 5.91 Å². The Balaban J connectivity index is 0.00000364. The third-order valence-electron chi connectivity index (χ3n) is 5.83. The highest BCUT2D eigenvalue weighted by atomic mass is 35.5. The van der Waals surface area contributed by atoms with Crippen molar-refractivity contribution in [1.29, 1.82) is 0 Å². The van der Waals surface area contributed by atoms with E-state index in [1.165, 1.54) is 0 Å². The molecule has 2 fully saturated rings. The summed E-state index contributed by atoms with van der Waals surface area (Å²) in [4.78, 5) is 38.8. The molecule has 0 aromatic carbocycles. The van der Waals surface area contributed by atoms with Gasteiger partial charge in [0.05, 0.1) is 0 Å². The fourth-order valence-corrected chi connectivity index (χ4v) is 4.34. The molecule has 0 radical (unpaired) electrons. The van der Waals surface area contributed by atoms with E-state index < -0.39 is 17.1 Å². The van der Waals surface area contributed by atoms with Gasteiger partial charge in [-0.25, -0.2) is 4.79 Å². The fourth-order valence-electron chi connectivity index (χ4n) is 4.34. The van der Waals surface area contributed by atoms with Crippen LogP contribution in [0, 0.1) is 11.8 Å². The Kier molecular flexibility index (Phi) is 8.11. The predicted octanol–water partition coefficient (Wildman–Crippen LogP) is 2.18. The molecule has 8 heteroatoms. The lowest BCUT2D eigenvalue weighted by Gasteiger charge is -2.34. The molecule has 1 heterocycles. The SMILES string of the molecule is CCC1CCC2(CC1)NC(=O)N(CC(=O)NC(C)(CN)CC(C)C)C2=O.Cl. The Labute approximate surface area is 168 Å². The first-order valence-electron chi connectivity index (χ1n) is 9.80. The maximum absolute atomic E-state index is 12.9. The van der Waals surface area contributed by atoms with Gasteiger partial charge in [0.1, 0.15) is 12.1 Å². The molecule has 1 atom stereocenters. The number of nitrogens with zero attached hydrogens (tertiary/aromatic N) is 1. The standard InChI is InChI=1S/C19H34N4O3.ClH/c1-5-14-6-8-19(9-7-14)16(25)23(17(26)22-19)11-15(24)21-18(4,12-20)10-13(2)3;/h13-14H,5-12,20H2,1-4H3,(H,21,24)(H,22,26);1H.